The third-order valence-corrected chi connectivity index (χ3v) is 7.17. The number of H-pyrrole nitrogens is 1. The van der Waals surface area contributed by atoms with Crippen LogP contribution in [0.5, 0.6) is 5.75 Å². The molecular weight excluding hydrogens is 563 g/mol. The zero-order chi connectivity index (χ0) is 29.7. The molecule has 0 unspecified atom stereocenters. The van der Waals surface area contributed by atoms with Crippen molar-refractivity contribution >= 4 is 36.8 Å². The average molecular weight is 595 g/mol. The normalized spacial score (nSPS) is 19.9. The number of carbonyl (C=O) groups excluding carboxylic acids is 2. The van der Waals surface area contributed by atoms with E-state index in [1.807, 2.05) is 0 Å². The summed E-state index contributed by atoms with van der Waals surface area (Å²) in [7, 11) is -4.25. The molecule has 1 aromatic carbocycles. The first kappa shape index (κ1) is 30.1. The molecule has 1 fully saturated rings. The molecule has 16 nitrogen and oxygen atoms in total. The molecule has 17 heteroatoms. The SMILES string of the molecule is CC(C)OC(=O)[C@H](C)OC(=O)[C@H](C)N[P@](=O)(OC[C@@H]1OC[C@H](n2cnc3c(=O)[nH]c(N)nc32)O1)Oc1ccccc1. The molecule has 41 heavy (non-hydrogen) atoms. The van der Waals surface area contributed by atoms with Gasteiger partial charge in [0, 0.05) is 0 Å². The van der Waals surface area contributed by atoms with Gasteiger partial charge in [0.2, 0.25) is 5.95 Å². The molecule has 0 amide bonds. The van der Waals surface area contributed by atoms with E-state index >= 15 is 0 Å². The number of hydrogen-bond donors (Lipinski definition) is 3. The van der Waals surface area contributed by atoms with Gasteiger partial charge in [-0.15, -0.1) is 0 Å². The summed E-state index contributed by atoms with van der Waals surface area (Å²) in [6.07, 6.45) is -1.98. The van der Waals surface area contributed by atoms with Crippen LogP contribution >= 0.6 is 7.75 Å². The minimum absolute atomic E-state index is 0.0260. The minimum Gasteiger partial charge on any atom is -0.460 e. The number of carbonyl (C=O) groups is 2. The van der Waals surface area contributed by atoms with E-state index in [1.54, 1.807) is 44.2 Å². The Bertz CT molecular complexity index is 1480. The first-order valence-corrected chi connectivity index (χ1v) is 14.2. The van der Waals surface area contributed by atoms with Crippen LogP contribution in [0.2, 0.25) is 0 Å². The van der Waals surface area contributed by atoms with Gasteiger partial charge in [-0.1, -0.05) is 18.2 Å². The Kier molecular flexibility index (Phi) is 9.40. The number of hydrogen-bond acceptors (Lipinski definition) is 13. The van der Waals surface area contributed by atoms with Crippen LogP contribution in [0.1, 0.15) is 33.9 Å². The van der Waals surface area contributed by atoms with E-state index in [0.717, 1.165) is 0 Å². The first-order chi connectivity index (χ1) is 19.4. The lowest BCUT2D eigenvalue weighted by Gasteiger charge is -2.24. The van der Waals surface area contributed by atoms with Crippen molar-refractivity contribution in [2.24, 2.45) is 0 Å². The summed E-state index contributed by atoms with van der Waals surface area (Å²) in [6, 6.07) is 6.94. The molecule has 2 aromatic heterocycles. The van der Waals surface area contributed by atoms with E-state index < -0.39 is 56.0 Å². The predicted molar refractivity (Wildman–Crippen MR) is 142 cm³/mol. The molecule has 1 saturated heterocycles. The van der Waals surface area contributed by atoms with Crippen molar-refractivity contribution in [3.8, 4) is 5.75 Å². The van der Waals surface area contributed by atoms with E-state index in [-0.39, 0.29) is 36.1 Å². The molecule has 0 saturated carbocycles. The number of ether oxygens (including phenoxy) is 4. The Hall–Kier alpha value is -3.82. The number of nitrogens with zero attached hydrogens (tertiary/aromatic N) is 3. The Morgan fingerprint density at radius 3 is 2.63 bits per heavy atom. The summed E-state index contributed by atoms with van der Waals surface area (Å²) < 4.78 is 48.1. The molecule has 5 atom stereocenters. The van der Waals surface area contributed by atoms with Crippen LogP contribution in [0.4, 0.5) is 5.95 Å². The second kappa shape index (κ2) is 12.8. The van der Waals surface area contributed by atoms with Crippen molar-refractivity contribution in [1.82, 2.24) is 24.6 Å². The van der Waals surface area contributed by atoms with Gasteiger partial charge < -0.3 is 29.2 Å². The van der Waals surface area contributed by atoms with Crippen LogP contribution in [0.3, 0.4) is 0 Å². The largest absolute Gasteiger partial charge is 0.460 e. The van der Waals surface area contributed by atoms with Crippen molar-refractivity contribution in [2.75, 3.05) is 18.9 Å². The number of para-hydroxylation sites is 1. The van der Waals surface area contributed by atoms with Gasteiger partial charge in [0.25, 0.3) is 5.56 Å². The fraction of sp³-hybridized carbons (Fsp3) is 0.458. The third kappa shape index (κ3) is 7.68. The maximum Gasteiger partial charge on any atom is 0.459 e. The molecule has 222 valence electrons. The van der Waals surface area contributed by atoms with Crippen molar-refractivity contribution in [2.45, 2.75) is 58.5 Å². The van der Waals surface area contributed by atoms with Crippen molar-refractivity contribution < 1.29 is 42.1 Å². The lowest BCUT2D eigenvalue weighted by molar-refractivity contribution is -0.169. The van der Waals surface area contributed by atoms with E-state index in [9.17, 15) is 18.9 Å². The number of benzene rings is 1. The Labute approximate surface area is 234 Å². The number of imidazole rings is 1. The molecule has 0 bridgehead atoms. The minimum atomic E-state index is -4.25. The summed E-state index contributed by atoms with van der Waals surface area (Å²) >= 11 is 0. The standard InChI is InChI=1S/C24H31N6O10P/c1-13(2)37-23(33)15(4)38-22(32)14(3)29-41(34,40-16-8-6-5-7-9-16)36-11-18-35-10-17(39-18)30-12-26-19-20(30)27-24(25)28-21(19)31/h5-9,12-15,17-18H,10-11H2,1-4H3,(H,29,34)(H3,25,27,28,31)/t14-,15-,17+,18+,41-/m0/s1. The number of aromatic nitrogens is 4. The van der Waals surface area contributed by atoms with Gasteiger partial charge in [-0.2, -0.15) is 10.1 Å². The van der Waals surface area contributed by atoms with Crippen LogP contribution in [0.15, 0.2) is 41.5 Å². The van der Waals surface area contributed by atoms with Crippen LogP contribution < -0.4 is 20.9 Å². The van der Waals surface area contributed by atoms with Gasteiger partial charge in [0.1, 0.15) is 18.4 Å². The molecule has 1 aliphatic rings. The number of rotatable bonds is 12. The third-order valence-electron chi connectivity index (χ3n) is 5.53. The average Bonchev–Trinajstić information content (AvgIpc) is 3.54. The lowest BCUT2D eigenvalue weighted by atomic mass is 10.3. The van der Waals surface area contributed by atoms with Gasteiger partial charge in [-0.3, -0.25) is 23.7 Å². The smallest absolute Gasteiger partial charge is 0.459 e. The van der Waals surface area contributed by atoms with Crippen molar-refractivity contribution in [1.29, 1.82) is 0 Å². The van der Waals surface area contributed by atoms with Crippen LogP contribution in [0.25, 0.3) is 11.2 Å². The van der Waals surface area contributed by atoms with Gasteiger partial charge in [0.15, 0.2) is 29.8 Å². The summed E-state index contributed by atoms with van der Waals surface area (Å²) in [4.78, 5) is 47.2. The highest BCUT2D eigenvalue weighted by Gasteiger charge is 2.37. The number of nitrogens with two attached hydrogens (primary N) is 1. The fourth-order valence-electron chi connectivity index (χ4n) is 3.64. The number of nitrogens with one attached hydrogen (secondary N) is 2. The van der Waals surface area contributed by atoms with Crippen LogP contribution in [0, 0.1) is 0 Å². The second-order valence-electron chi connectivity index (χ2n) is 9.24. The molecule has 3 heterocycles. The summed E-state index contributed by atoms with van der Waals surface area (Å²) in [5, 5.41) is 2.52. The molecular formula is C24H31N6O10P. The van der Waals surface area contributed by atoms with Crippen LogP contribution in [-0.2, 0) is 37.6 Å². The first-order valence-electron chi connectivity index (χ1n) is 12.6. The molecule has 0 radical (unpaired) electrons. The molecule has 3 aromatic rings. The molecule has 4 rings (SSSR count). The molecule has 0 spiro atoms. The van der Waals surface area contributed by atoms with Crippen molar-refractivity contribution in [3.63, 3.8) is 0 Å². The van der Waals surface area contributed by atoms with E-state index in [2.05, 4.69) is 20.0 Å². The number of aromatic amines is 1. The Balaban J connectivity index is 1.42. The summed E-state index contributed by atoms with van der Waals surface area (Å²) in [5.74, 6) is -1.51. The van der Waals surface area contributed by atoms with Gasteiger partial charge in [-0.05, 0) is 39.8 Å². The zero-order valence-electron chi connectivity index (χ0n) is 22.7. The van der Waals surface area contributed by atoms with E-state index in [4.69, 9.17) is 33.7 Å². The quantitative estimate of drug-likeness (QED) is 0.201. The van der Waals surface area contributed by atoms with Gasteiger partial charge in [-0.25, -0.2) is 14.3 Å². The molecule has 4 N–H and O–H groups in total. The Morgan fingerprint density at radius 1 is 1.20 bits per heavy atom. The van der Waals surface area contributed by atoms with Gasteiger partial charge >= 0.3 is 19.7 Å². The fourth-order valence-corrected chi connectivity index (χ4v) is 5.12. The second-order valence-corrected chi connectivity index (χ2v) is 10.9. The molecule has 1 aliphatic heterocycles. The maximum absolute atomic E-state index is 13.7. The highest BCUT2D eigenvalue weighted by molar-refractivity contribution is 7.52. The number of esters is 2. The Morgan fingerprint density at radius 2 is 1.93 bits per heavy atom. The number of nitrogen functional groups attached to an aromatic ring is 1. The molecule has 0 aliphatic carbocycles. The topological polar surface area (TPSA) is 208 Å². The van der Waals surface area contributed by atoms with Crippen LogP contribution in [-0.4, -0.2) is 69.2 Å². The van der Waals surface area contributed by atoms with Gasteiger partial charge in [0.05, 0.1) is 19.0 Å². The summed E-state index contributed by atoms with van der Waals surface area (Å²) in [6.45, 7) is 5.71. The highest BCUT2D eigenvalue weighted by atomic mass is 31.2. The maximum atomic E-state index is 13.7. The highest BCUT2D eigenvalue weighted by Crippen LogP contribution is 2.45. The summed E-state index contributed by atoms with van der Waals surface area (Å²) in [5.41, 5.74) is 5.41. The van der Waals surface area contributed by atoms with Crippen molar-refractivity contribution in [3.05, 3.63) is 47.0 Å². The monoisotopic (exact) mass is 594 g/mol. The van der Waals surface area contributed by atoms with E-state index in [1.165, 1.54) is 24.7 Å². The van der Waals surface area contributed by atoms with E-state index in [0.29, 0.717) is 0 Å². The lowest BCUT2D eigenvalue weighted by Crippen LogP contribution is -2.39. The zero-order valence-corrected chi connectivity index (χ0v) is 23.6. The number of anilines is 1. The number of fused-ring (bicyclic) bond motifs is 1. The predicted octanol–water partition coefficient (Wildman–Crippen LogP) is 1.64.